The average Bonchev–Trinajstić information content (AvgIpc) is 1.83. The van der Waals surface area contributed by atoms with Gasteiger partial charge in [-0.15, -0.1) is 0 Å². The molecule has 1 aromatic rings. The summed E-state index contributed by atoms with van der Waals surface area (Å²) >= 11 is 5.22. The van der Waals surface area contributed by atoms with Crippen LogP contribution < -0.4 is 0 Å². The first-order valence-electron chi connectivity index (χ1n) is 2.26. The highest BCUT2D eigenvalue weighted by molar-refractivity contribution is 6.30. The number of rotatable bonds is 0. The average molecular weight is 146 g/mol. The fourth-order valence-electron chi connectivity index (χ4n) is 0.443. The van der Waals surface area contributed by atoms with Crippen LogP contribution in [0.4, 0.5) is 4.39 Å². The first kappa shape index (κ1) is 6.36. The summed E-state index contributed by atoms with van der Waals surface area (Å²) in [6.07, 6.45) is 0. The highest BCUT2D eigenvalue weighted by Crippen LogP contribution is 2.21. The Labute approximate surface area is 56.7 Å². The Bertz CT molecular complexity index is 204. The molecule has 1 aromatic carbocycles. The van der Waals surface area contributed by atoms with Crippen molar-refractivity contribution in [1.29, 1.82) is 0 Å². The van der Waals surface area contributed by atoms with E-state index in [9.17, 15) is 4.39 Å². The zero-order valence-electron chi connectivity index (χ0n) is 4.36. The summed E-state index contributed by atoms with van der Waals surface area (Å²) in [5.41, 5.74) is 0. The molecule has 0 amide bonds. The van der Waals surface area contributed by atoms with Crippen molar-refractivity contribution in [3.05, 3.63) is 29.0 Å². The van der Waals surface area contributed by atoms with Crippen LogP contribution in [0.1, 0.15) is 0 Å². The van der Waals surface area contributed by atoms with E-state index >= 15 is 0 Å². The minimum Gasteiger partial charge on any atom is -0.505 e. The van der Waals surface area contributed by atoms with Gasteiger partial charge in [0.15, 0.2) is 11.6 Å². The summed E-state index contributed by atoms with van der Waals surface area (Å²) in [5, 5.41) is 8.44. The minimum absolute atomic E-state index is 0.185. The van der Waals surface area contributed by atoms with Gasteiger partial charge in [-0.25, -0.2) is 4.39 Å². The number of phenolic OH excluding ortho intramolecular Hbond substituents is 1. The van der Waals surface area contributed by atoms with Gasteiger partial charge in [-0.05, 0) is 12.1 Å². The smallest absolute Gasteiger partial charge is 0.183 e. The molecule has 0 aliphatic carbocycles. The van der Waals surface area contributed by atoms with Crippen LogP contribution in [0.2, 0.25) is 5.02 Å². The molecule has 0 aromatic heterocycles. The Morgan fingerprint density at radius 3 is 2.78 bits per heavy atom. The van der Waals surface area contributed by atoms with Gasteiger partial charge in [-0.2, -0.15) is 0 Å². The van der Waals surface area contributed by atoms with Crippen LogP contribution in [-0.4, -0.2) is 5.11 Å². The predicted molar refractivity (Wildman–Crippen MR) is 31.9 cm³/mol. The molecule has 47 valence electrons. The predicted octanol–water partition coefficient (Wildman–Crippen LogP) is 1.98. The molecule has 3 heteroatoms. The van der Waals surface area contributed by atoms with Gasteiger partial charge in [0.05, 0.1) is 5.02 Å². The summed E-state index contributed by atoms with van der Waals surface area (Å²) in [6, 6.07) is 4.90. The molecule has 0 fully saturated rings. The fourth-order valence-corrected chi connectivity index (χ4v) is 0.603. The normalized spacial score (nSPS) is 9.56. The molecule has 0 aliphatic rings. The van der Waals surface area contributed by atoms with E-state index in [-0.39, 0.29) is 5.02 Å². The molecule has 0 bridgehead atoms. The fraction of sp³-hybridized carbons (Fsp3) is 0. The van der Waals surface area contributed by atoms with Crippen molar-refractivity contribution in [2.75, 3.05) is 0 Å². The zero-order valence-corrected chi connectivity index (χ0v) is 5.11. The van der Waals surface area contributed by atoms with Crippen molar-refractivity contribution >= 4 is 11.6 Å². The van der Waals surface area contributed by atoms with E-state index in [1.54, 1.807) is 0 Å². The van der Waals surface area contributed by atoms with Gasteiger partial charge in [-0.1, -0.05) is 11.6 Å². The van der Waals surface area contributed by atoms with E-state index < -0.39 is 11.6 Å². The third kappa shape index (κ3) is 1.13. The summed E-state index contributed by atoms with van der Waals surface area (Å²) in [4.78, 5) is 0. The maximum atomic E-state index is 12.3. The lowest BCUT2D eigenvalue weighted by molar-refractivity contribution is 0.432. The van der Waals surface area contributed by atoms with Crippen LogP contribution in [0.15, 0.2) is 12.1 Å². The zero-order chi connectivity index (χ0) is 6.85. The van der Waals surface area contributed by atoms with Gasteiger partial charge in [0.25, 0.3) is 0 Å². The van der Waals surface area contributed by atoms with Crippen molar-refractivity contribution in [3.8, 4) is 5.75 Å². The van der Waals surface area contributed by atoms with Crippen LogP contribution in [0, 0.1) is 11.9 Å². The van der Waals surface area contributed by atoms with Crippen molar-refractivity contribution in [2.45, 2.75) is 0 Å². The molecule has 0 spiro atoms. The summed E-state index contributed by atoms with van der Waals surface area (Å²) in [5.74, 6) is -1.27. The van der Waals surface area contributed by atoms with E-state index in [1.807, 2.05) is 0 Å². The van der Waals surface area contributed by atoms with Crippen LogP contribution in [0.25, 0.3) is 0 Å². The molecule has 1 nitrogen and oxygen atoms in total. The molecule has 0 atom stereocenters. The van der Waals surface area contributed by atoms with E-state index in [0.29, 0.717) is 0 Å². The van der Waals surface area contributed by atoms with Gasteiger partial charge >= 0.3 is 0 Å². The number of hydrogen-bond donors (Lipinski definition) is 1. The van der Waals surface area contributed by atoms with E-state index in [1.165, 1.54) is 12.1 Å². The van der Waals surface area contributed by atoms with Gasteiger partial charge < -0.3 is 5.11 Å². The van der Waals surface area contributed by atoms with Crippen molar-refractivity contribution in [2.24, 2.45) is 0 Å². The number of hydrogen-bond acceptors (Lipinski definition) is 1. The molecule has 0 saturated carbocycles. The Morgan fingerprint density at radius 2 is 2.33 bits per heavy atom. The van der Waals surface area contributed by atoms with E-state index in [0.717, 1.165) is 0 Å². The second-order valence-electron chi connectivity index (χ2n) is 1.49. The Kier molecular flexibility index (Phi) is 1.58. The number of phenols is 1. The first-order chi connectivity index (χ1) is 4.22. The van der Waals surface area contributed by atoms with E-state index in [4.69, 9.17) is 16.7 Å². The molecular formula is C6H3ClFO. The summed E-state index contributed by atoms with van der Waals surface area (Å²) < 4.78 is 12.3. The summed E-state index contributed by atoms with van der Waals surface area (Å²) in [6.45, 7) is 0. The topological polar surface area (TPSA) is 20.2 Å². The molecule has 0 saturated heterocycles. The molecule has 0 aliphatic heterocycles. The highest BCUT2D eigenvalue weighted by Gasteiger charge is 2.02. The quantitative estimate of drug-likeness (QED) is 0.592. The van der Waals surface area contributed by atoms with Gasteiger partial charge in [0.2, 0.25) is 0 Å². The third-order valence-electron chi connectivity index (χ3n) is 0.869. The number of halogens is 2. The molecule has 1 N–H and O–H groups in total. The van der Waals surface area contributed by atoms with Gasteiger partial charge in [-0.3, -0.25) is 0 Å². The Hall–Kier alpha value is -0.760. The second kappa shape index (κ2) is 2.23. The third-order valence-corrected chi connectivity index (χ3v) is 1.14. The van der Waals surface area contributed by atoms with Crippen LogP contribution in [0.5, 0.6) is 5.75 Å². The molecule has 0 heterocycles. The van der Waals surface area contributed by atoms with Gasteiger partial charge in [0.1, 0.15) is 0 Å². The Morgan fingerprint density at radius 1 is 1.67 bits per heavy atom. The molecule has 1 radical (unpaired) electrons. The maximum Gasteiger partial charge on any atom is 0.183 e. The highest BCUT2D eigenvalue weighted by atomic mass is 35.5. The molecule has 1 rings (SSSR count). The van der Waals surface area contributed by atoms with E-state index in [2.05, 4.69) is 6.07 Å². The molecule has 9 heavy (non-hydrogen) atoms. The van der Waals surface area contributed by atoms with Crippen molar-refractivity contribution in [3.63, 3.8) is 0 Å². The van der Waals surface area contributed by atoms with Crippen molar-refractivity contribution in [1.82, 2.24) is 0 Å². The Balaban J connectivity index is 3.25. The first-order valence-corrected chi connectivity index (χ1v) is 2.64. The maximum absolute atomic E-state index is 12.3. The van der Waals surface area contributed by atoms with Crippen LogP contribution in [-0.2, 0) is 0 Å². The standard InChI is InChI=1S/C6H3ClFO/c7-4-2-1-3-5(9)6(4)8/h1,3,9H. The molecule has 0 unspecified atom stereocenters. The lowest BCUT2D eigenvalue weighted by Crippen LogP contribution is -1.75. The van der Waals surface area contributed by atoms with Crippen LogP contribution in [0.3, 0.4) is 0 Å². The van der Waals surface area contributed by atoms with Crippen LogP contribution >= 0.6 is 11.6 Å². The van der Waals surface area contributed by atoms with Crippen molar-refractivity contribution < 1.29 is 9.50 Å². The molecular weight excluding hydrogens is 143 g/mol. The van der Waals surface area contributed by atoms with Gasteiger partial charge in [0, 0.05) is 6.07 Å². The monoisotopic (exact) mass is 145 g/mol. The number of aromatic hydroxyl groups is 1. The minimum atomic E-state index is -0.820. The number of benzene rings is 1. The largest absolute Gasteiger partial charge is 0.505 e. The lowest BCUT2D eigenvalue weighted by atomic mass is 10.3. The lowest BCUT2D eigenvalue weighted by Gasteiger charge is -1.93. The summed E-state index contributed by atoms with van der Waals surface area (Å²) in [7, 11) is 0. The SMILES string of the molecule is Oc1cc[c]c(Cl)c1F. The second-order valence-corrected chi connectivity index (χ2v) is 1.87.